The maximum Gasteiger partial charge on any atom is 0.153 e. The molecule has 17 heavy (non-hydrogen) atoms. The standard InChI is InChI=1S/C12H14ClN3O/c1-6(2)16-11(13)9(5-17)10-7(3)14-8(4)15-12(10)16/h5-6H,1-4H3. The lowest BCUT2D eigenvalue weighted by Gasteiger charge is -2.10. The van der Waals surface area contributed by atoms with Gasteiger partial charge in [0.2, 0.25) is 0 Å². The van der Waals surface area contributed by atoms with Crippen LogP contribution >= 0.6 is 11.6 Å². The molecule has 5 heteroatoms. The normalized spacial score (nSPS) is 11.4. The molecule has 0 unspecified atom stereocenters. The van der Waals surface area contributed by atoms with Crippen LogP contribution in [0.25, 0.3) is 11.0 Å². The van der Waals surface area contributed by atoms with E-state index in [1.54, 1.807) is 0 Å². The Morgan fingerprint density at radius 2 is 1.94 bits per heavy atom. The molecule has 0 aliphatic rings. The van der Waals surface area contributed by atoms with Crippen molar-refractivity contribution in [3.8, 4) is 0 Å². The number of rotatable bonds is 2. The van der Waals surface area contributed by atoms with E-state index in [0.29, 0.717) is 16.5 Å². The van der Waals surface area contributed by atoms with Crippen LogP contribution in [0.3, 0.4) is 0 Å². The molecule has 0 saturated heterocycles. The van der Waals surface area contributed by atoms with Crippen molar-refractivity contribution in [2.24, 2.45) is 0 Å². The van der Waals surface area contributed by atoms with Crippen LogP contribution in [-0.2, 0) is 0 Å². The van der Waals surface area contributed by atoms with Gasteiger partial charge in [-0.05, 0) is 27.7 Å². The summed E-state index contributed by atoms with van der Waals surface area (Å²) in [5.74, 6) is 0.684. The van der Waals surface area contributed by atoms with Crippen LogP contribution in [0.2, 0.25) is 5.15 Å². The Morgan fingerprint density at radius 1 is 1.29 bits per heavy atom. The largest absolute Gasteiger partial charge is 0.313 e. The average molecular weight is 252 g/mol. The SMILES string of the molecule is Cc1nc(C)c2c(C=O)c(Cl)n(C(C)C)c2n1. The summed E-state index contributed by atoms with van der Waals surface area (Å²) in [6.45, 7) is 7.71. The zero-order valence-corrected chi connectivity index (χ0v) is 11.0. The van der Waals surface area contributed by atoms with Crippen LogP contribution < -0.4 is 0 Å². The number of halogens is 1. The van der Waals surface area contributed by atoms with Gasteiger partial charge in [0.1, 0.15) is 16.6 Å². The lowest BCUT2D eigenvalue weighted by atomic mass is 10.2. The van der Waals surface area contributed by atoms with Crippen molar-refractivity contribution in [2.75, 3.05) is 0 Å². The van der Waals surface area contributed by atoms with E-state index >= 15 is 0 Å². The number of fused-ring (bicyclic) bond motifs is 1. The lowest BCUT2D eigenvalue weighted by Crippen LogP contribution is -2.03. The Balaban J connectivity index is 3.00. The van der Waals surface area contributed by atoms with Gasteiger partial charge < -0.3 is 4.57 Å². The molecule has 0 aromatic carbocycles. The van der Waals surface area contributed by atoms with Gasteiger partial charge in [0.05, 0.1) is 16.6 Å². The highest BCUT2D eigenvalue weighted by Crippen LogP contribution is 2.32. The third-order valence-electron chi connectivity index (χ3n) is 2.75. The number of hydrogen-bond acceptors (Lipinski definition) is 3. The van der Waals surface area contributed by atoms with Crippen molar-refractivity contribution in [3.63, 3.8) is 0 Å². The fourth-order valence-corrected chi connectivity index (χ4v) is 2.50. The van der Waals surface area contributed by atoms with E-state index in [2.05, 4.69) is 9.97 Å². The molecule has 0 aliphatic heterocycles. The van der Waals surface area contributed by atoms with Gasteiger partial charge in [0.15, 0.2) is 6.29 Å². The lowest BCUT2D eigenvalue weighted by molar-refractivity contribution is 0.112. The molecule has 2 aromatic rings. The Labute approximate surface area is 105 Å². The van der Waals surface area contributed by atoms with Gasteiger partial charge in [-0.15, -0.1) is 0 Å². The Hall–Kier alpha value is -1.42. The van der Waals surface area contributed by atoms with E-state index in [1.807, 2.05) is 32.3 Å². The van der Waals surface area contributed by atoms with Crippen molar-refractivity contribution < 1.29 is 4.79 Å². The smallest absolute Gasteiger partial charge is 0.153 e. The summed E-state index contributed by atoms with van der Waals surface area (Å²) in [4.78, 5) is 19.8. The maximum atomic E-state index is 11.2. The highest BCUT2D eigenvalue weighted by atomic mass is 35.5. The van der Waals surface area contributed by atoms with E-state index < -0.39 is 0 Å². The molecule has 0 atom stereocenters. The van der Waals surface area contributed by atoms with Gasteiger partial charge in [0, 0.05) is 6.04 Å². The average Bonchev–Trinajstić information content (AvgIpc) is 2.49. The molecule has 0 radical (unpaired) electrons. The number of aldehydes is 1. The van der Waals surface area contributed by atoms with E-state index in [4.69, 9.17) is 11.6 Å². The van der Waals surface area contributed by atoms with Crippen LogP contribution in [0.5, 0.6) is 0 Å². The molecule has 0 saturated carbocycles. The summed E-state index contributed by atoms with van der Waals surface area (Å²) in [6.07, 6.45) is 0.773. The molecular weight excluding hydrogens is 238 g/mol. The molecule has 0 spiro atoms. The van der Waals surface area contributed by atoms with E-state index in [9.17, 15) is 4.79 Å². The zero-order valence-electron chi connectivity index (χ0n) is 10.3. The zero-order chi connectivity index (χ0) is 12.7. The highest BCUT2D eigenvalue weighted by molar-refractivity contribution is 6.34. The monoisotopic (exact) mass is 251 g/mol. The Kier molecular flexibility index (Phi) is 2.91. The summed E-state index contributed by atoms with van der Waals surface area (Å²) in [6, 6.07) is 0.146. The van der Waals surface area contributed by atoms with Crippen LogP contribution in [0, 0.1) is 13.8 Å². The molecule has 0 aliphatic carbocycles. The molecule has 0 fully saturated rings. The second-order valence-electron chi connectivity index (χ2n) is 4.34. The third kappa shape index (κ3) is 1.72. The minimum atomic E-state index is 0.146. The first-order valence-corrected chi connectivity index (χ1v) is 5.85. The minimum absolute atomic E-state index is 0.146. The molecule has 4 nitrogen and oxygen atoms in total. The number of aromatic nitrogens is 3. The van der Waals surface area contributed by atoms with Crippen LogP contribution in [0.4, 0.5) is 0 Å². The van der Waals surface area contributed by atoms with Crippen molar-refractivity contribution in [2.45, 2.75) is 33.7 Å². The second-order valence-corrected chi connectivity index (χ2v) is 4.70. The molecule has 2 heterocycles. The maximum absolute atomic E-state index is 11.2. The summed E-state index contributed by atoms with van der Waals surface area (Å²) >= 11 is 6.24. The van der Waals surface area contributed by atoms with Gasteiger partial charge >= 0.3 is 0 Å². The fourth-order valence-electron chi connectivity index (χ4n) is 2.09. The Bertz CT molecular complexity index is 602. The second kappa shape index (κ2) is 4.11. The molecule has 0 amide bonds. The summed E-state index contributed by atoms with van der Waals surface area (Å²) in [5.41, 5.74) is 2.00. The molecule has 90 valence electrons. The molecule has 0 N–H and O–H groups in total. The van der Waals surface area contributed by atoms with E-state index in [-0.39, 0.29) is 6.04 Å². The molecule has 0 bridgehead atoms. The predicted molar refractivity (Wildman–Crippen MR) is 67.8 cm³/mol. The number of aryl methyl sites for hydroxylation is 2. The van der Waals surface area contributed by atoms with Crippen molar-refractivity contribution >= 4 is 28.9 Å². The highest BCUT2D eigenvalue weighted by Gasteiger charge is 2.20. The van der Waals surface area contributed by atoms with Crippen LogP contribution in [0.1, 0.15) is 41.8 Å². The first kappa shape index (κ1) is 12.0. The van der Waals surface area contributed by atoms with Crippen LogP contribution in [0.15, 0.2) is 0 Å². The number of nitrogens with zero attached hydrogens (tertiary/aromatic N) is 3. The molecular formula is C12H14ClN3O. The van der Waals surface area contributed by atoms with Gasteiger partial charge in [0.25, 0.3) is 0 Å². The first-order valence-electron chi connectivity index (χ1n) is 5.47. The minimum Gasteiger partial charge on any atom is -0.313 e. The number of carbonyl (C=O) groups excluding carboxylic acids is 1. The number of carbonyl (C=O) groups is 1. The van der Waals surface area contributed by atoms with Gasteiger partial charge in [-0.3, -0.25) is 4.79 Å². The van der Waals surface area contributed by atoms with E-state index in [1.165, 1.54) is 0 Å². The predicted octanol–water partition coefficient (Wildman–Crippen LogP) is 3.09. The third-order valence-corrected chi connectivity index (χ3v) is 3.13. The molecule has 2 rings (SSSR count). The topological polar surface area (TPSA) is 47.8 Å². The summed E-state index contributed by atoms with van der Waals surface area (Å²) in [5, 5.41) is 1.19. The molecule has 2 aromatic heterocycles. The Morgan fingerprint density at radius 3 is 2.47 bits per heavy atom. The van der Waals surface area contributed by atoms with E-state index in [0.717, 1.165) is 23.0 Å². The van der Waals surface area contributed by atoms with Crippen LogP contribution in [-0.4, -0.2) is 20.8 Å². The number of hydrogen-bond donors (Lipinski definition) is 0. The van der Waals surface area contributed by atoms with Gasteiger partial charge in [-0.2, -0.15) is 0 Å². The van der Waals surface area contributed by atoms with Crippen molar-refractivity contribution in [3.05, 3.63) is 22.2 Å². The van der Waals surface area contributed by atoms with Gasteiger partial charge in [-0.1, -0.05) is 11.6 Å². The van der Waals surface area contributed by atoms with Gasteiger partial charge in [-0.25, -0.2) is 9.97 Å². The van der Waals surface area contributed by atoms with Crippen molar-refractivity contribution in [1.29, 1.82) is 0 Å². The summed E-state index contributed by atoms with van der Waals surface area (Å²) < 4.78 is 1.86. The first-order chi connectivity index (χ1) is 7.97. The van der Waals surface area contributed by atoms with Crippen molar-refractivity contribution in [1.82, 2.24) is 14.5 Å². The fraction of sp³-hybridized carbons (Fsp3) is 0.417. The summed E-state index contributed by atoms with van der Waals surface area (Å²) in [7, 11) is 0. The quantitative estimate of drug-likeness (QED) is 0.771.